The summed E-state index contributed by atoms with van der Waals surface area (Å²) in [5.41, 5.74) is 2.53. The summed E-state index contributed by atoms with van der Waals surface area (Å²) in [5, 5.41) is 3.39. The first-order chi connectivity index (χ1) is 10.3. The molecule has 0 bridgehead atoms. The first-order valence-corrected chi connectivity index (χ1v) is 7.31. The van der Waals surface area contributed by atoms with E-state index in [2.05, 4.69) is 36.5 Å². The number of benzene rings is 2. The first kappa shape index (κ1) is 15.4. The zero-order valence-corrected chi connectivity index (χ0v) is 12.8. The lowest BCUT2D eigenvalue weighted by Gasteiger charge is -2.08. The Balaban J connectivity index is 1.59. The largest absolute Gasteiger partial charge is 0.497 e. The van der Waals surface area contributed by atoms with E-state index in [1.54, 1.807) is 7.11 Å². The lowest BCUT2D eigenvalue weighted by molar-refractivity contribution is 0.314. The van der Waals surface area contributed by atoms with Crippen molar-refractivity contribution in [1.29, 1.82) is 0 Å². The molecule has 0 atom stereocenters. The third-order valence-corrected chi connectivity index (χ3v) is 3.29. The summed E-state index contributed by atoms with van der Waals surface area (Å²) in [6.07, 6.45) is 1.01. The lowest BCUT2D eigenvalue weighted by atomic mass is 10.1. The van der Waals surface area contributed by atoms with Crippen molar-refractivity contribution in [2.24, 2.45) is 0 Å². The first-order valence-electron chi connectivity index (χ1n) is 7.31. The summed E-state index contributed by atoms with van der Waals surface area (Å²) in [6, 6.07) is 16.3. The Labute approximate surface area is 126 Å². The maximum atomic E-state index is 5.69. The number of hydrogen-bond donors (Lipinski definition) is 1. The van der Waals surface area contributed by atoms with Crippen molar-refractivity contribution in [1.82, 2.24) is 5.32 Å². The van der Waals surface area contributed by atoms with Crippen molar-refractivity contribution < 1.29 is 9.47 Å². The molecular weight excluding hydrogens is 262 g/mol. The average molecular weight is 285 g/mol. The van der Waals surface area contributed by atoms with Crippen LogP contribution in [0.2, 0.25) is 0 Å². The van der Waals surface area contributed by atoms with Gasteiger partial charge in [0.05, 0.1) is 7.11 Å². The molecule has 0 saturated carbocycles. The number of aryl methyl sites for hydroxylation is 1. The van der Waals surface area contributed by atoms with Crippen molar-refractivity contribution in [2.45, 2.75) is 13.3 Å². The fourth-order valence-electron chi connectivity index (χ4n) is 2.10. The highest BCUT2D eigenvalue weighted by atomic mass is 16.5. The molecule has 2 rings (SSSR count). The van der Waals surface area contributed by atoms with E-state index in [1.165, 1.54) is 11.1 Å². The van der Waals surface area contributed by atoms with Crippen molar-refractivity contribution in [3.8, 4) is 11.5 Å². The van der Waals surface area contributed by atoms with Gasteiger partial charge in [0, 0.05) is 6.54 Å². The van der Waals surface area contributed by atoms with Crippen LogP contribution in [-0.4, -0.2) is 26.8 Å². The van der Waals surface area contributed by atoms with Gasteiger partial charge in [-0.1, -0.05) is 24.3 Å². The van der Waals surface area contributed by atoms with E-state index in [0.717, 1.165) is 31.0 Å². The summed E-state index contributed by atoms with van der Waals surface area (Å²) in [5.74, 6) is 1.84. The highest BCUT2D eigenvalue weighted by Crippen LogP contribution is 2.12. The van der Waals surface area contributed by atoms with Gasteiger partial charge in [-0.05, 0) is 55.3 Å². The van der Waals surface area contributed by atoms with Gasteiger partial charge in [-0.2, -0.15) is 0 Å². The Kier molecular flexibility index (Phi) is 6.10. The minimum atomic E-state index is 0.687. The second kappa shape index (κ2) is 8.32. The quantitative estimate of drug-likeness (QED) is 0.755. The van der Waals surface area contributed by atoms with E-state index >= 15 is 0 Å². The average Bonchev–Trinajstić information content (AvgIpc) is 2.51. The van der Waals surface area contributed by atoms with Crippen LogP contribution in [0.1, 0.15) is 11.1 Å². The number of methoxy groups -OCH3 is 1. The van der Waals surface area contributed by atoms with Gasteiger partial charge in [-0.15, -0.1) is 0 Å². The molecule has 3 nitrogen and oxygen atoms in total. The van der Waals surface area contributed by atoms with Crippen molar-refractivity contribution in [3.63, 3.8) is 0 Å². The second-order valence-electron chi connectivity index (χ2n) is 5.01. The van der Waals surface area contributed by atoms with Crippen LogP contribution < -0.4 is 14.8 Å². The number of nitrogens with one attached hydrogen (secondary N) is 1. The molecule has 1 N–H and O–H groups in total. The van der Waals surface area contributed by atoms with Gasteiger partial charge in [0.1, 0.15) is 18.1 Å². The SMILES string of the molecule is COc1ccc(CCNCCOc2cccc(C)c2)cc1. The molecule has 0 saturated heterocycles. The molecule has 0 unspecified atom stereocenters. The molecule has 2 aromatic rings. The van der Waals surface area contributed by atoms with E-state index in [4.69, 9.17) is 9.47 Å². The van der Waals surface area contributed by atoms with Crippen LogP contribution in [0.25, 0.3) is 0 Å². The molecule has 0 heterocycles. The van der Waals surface area contributed by atoms with Crippen molar-refractivity contribution in [3.05, 3.63) is 59.7 Å². The van der Waals surface area contributed by atoms with E-state index in [0.29, 0.717) is 6.61 Å². The van der Waals surface area contributed by atoms with Crippen LogP contribution in [0.3, 0.4) is 0 Å². The number of hydrogen-bond acceptors (Lipinski definition) is 3. The molecule has 0 amide bonds. The summed E-state index contributed by atoms with van der Waals surface area (Å²) >= 11 is 0. The molecule has 2 aromatic carbocycles. The van der Waals surface area contributed by atoms with Gasteiger partial charge in [0.25, 0.3) is 0 Å². The van der Waals surface area contributed by atoms with E-state index in [-0.39, 0.29) is 0 Å². The van der Waals surface area contributed by atoms with Crippen LogP contribution in [0.5, 0.6) is 11.5 Å². The van der Waals surface area contributed by atoms with Gasteiger partial charge in [-0.3, -0.25) is 0 Å². The lowest BCUT2D eigenvalue weighted by Crippen LogP contribution is -2.23. The van der Waals surface area contributed by atoms with Gasteiger partial charge < -0.3 is 14.8 Å². The molecule has 112 valence electrons. The Hall–Kier alpha value is -2.00. The Bertz CT molecular complexity index is 537. The highest BCUT2D eigenvalue weighted by molar-refractivity contribution is 5.28. The molecule has 0 aliphatic rings. The molecule has 21 heavy (non-hydrogen) atoms. The van der Waals surface area contributed by atoms with Crippen LogP contribution in [0.4, 0.5) is 0 Å². The summed E-state index contributed by atoms with van der Waals surface area (Å²) in [7, 11) is 1.69. The third kappa shape index (κ3) is 5.48. The monoisotopic (exact) mass is 285 g/mol. The maximum Gasteiger partial charge on any atom is 0.119 e. The van der Waals surface area contributed by atoms with Gasteiger partial charge in [0.2, 0.25) is 0 Å². The Morgan fingerprint density at radius 1 is 0.952 bits per heavy atom. The summed E-state index contributed by atoms with van der Waals surface area (Å²) in [4.78, 5) is 0. The highest BCUT2D eigenvalue weighted by Gasteiger charge is 1.96. The predicted octanol–water partition coefficient (Wildman–Crippen LogP) is 3.21. The second-order valence-corrected chi connectivity index (χ2v) is 5.01. The van der Waals surface area contributed by atoms with Crippen molar-refractivity contribution in [2.75, 3.05) is 26.8 Å². The standard InChI is InChI=1S/C18H23NO2/c1-15-4-3-5-18(14-15)21-13-12-19-11-10-16-6-8-17(20-2)9-7-16/h3-9,14,19H,10-13H2,1-2H3. The van der Waals surface area contributed by atoms with E-state index in [1.807, 2.05) is 24.3 Å². The van der Waals surface area contributed by atoms with Crippen LogP contribution in [0, 0.1) is 6.92 Å². The molecular formula is C18H23NO2. The number of rotatable bonds is 8. The van der Waals surface area contributed by atoms with Crippen molar-refractivity contribution >= 4 is 0 Å². The third-order valence-electron chi connectivity index (χ3n) is 3.29. The minimum absolute atomic E-state index is 0.687. The maximum absolute atomic E-state index is 5.69. The molecule has 0 aromatic heterocycles. The Morgan fingerprint density at radius 2 is 1.76 bits per heavy atom. The van der Waals surface area contributed by atoms with Gasteiger partial charge in [0.15, 0.2) is 0 Å². The molecule has 0 aliphatic carbocycles. The molecule has 0 radical (unpaired) electrons. The van der Waals surface area contributed by atoms with Gasteiger partial charge in [-0.25, -0.2) is 0 Å². The van der Waals surface area contributed by atoms with Crippen LogP contribution >= 0.6 is 0 Å². The van der Waals surface area contributed by atoms with E-state index < -0.39 is 0 Å². The fraction of sp³-hybridized carbons (Fsp3) is 0.333. The summed E-state index contributed by atoms with van der Waals surface area (Å²) in [6.45, 7) is 4.56. The fourth-order valence-corrected chi connectivity index (χ4v) is 2.10. The smallest absolute Gasteiger partial charge is 0.119 e. The zero-order chi connectivity index (χ0) is 14.9. The zero-order valence-electron chi connectivity index (χ0n) is 12.8. The van der Waals surface area contributed by atoms with Crippen LogP contribution in [-0.2, 0) is 6.42 Å². The molecule has 0 aliphatic heterocycles. The molecule has 0 fully saturated rings. The predicted molar refractivity (Wildman–Crippen MR) is 86.2 cm³/mol. The molecule has 0 spiro atoms. The topological polar surface area (TPSA) is 30.5 Å². The van der Waals surface area contributed by atoms with Gasteiger partial charge >= 0.3 is 0 Å². The number of ether oxygens (including phenoxy) is 2. The van der Waals surface area contributed by atoms with Crippen LogP contribution in [0.15, 0.2) is 48.5 Å². The minimum Gasteiger partial charge on any atom is -0.497 e. The normalized spacial score (nSPS) is 10.4. The molecule has 3 heteroatoms. The summed E-state index contributed by atoms with van der Waals surface area (Å²) < 4.78 is 10.8. The Morgan fingerprint density at radius 3 is 2.48 bits per heavy atom. The van der Waals surface area contributed by atoms with E-state index in [9.17, 15) is 0 Å².